The first-order valence-corrected chi connectivity index (χ1v) is 10.4. The van der Waals surface area contributed by atoms with Crippen molar-refractivity contribution in [1.29, 1.82) is 0 Å². The Bertz CT molecular complexity index is 520. The molecule has 0 bridgehead atoms. The van der Waals surface area contributed by atoms with E-state index < -0.39 is 0 Å². The van der Waals surface area contributed by atoms with Crippen LogP contribution in [0, 0.1) is 6.92 Å². The number of nitrogens with zero attached hydrogens (tertiary/aromatic N) is 3. The highest BCUT2D eigenvalue weighted by Crippen LogP contribution is 2.20. The van der Waals surface area contributed by atoms with E-state index in [0.717, 1.165) is 29.8 Å². The monoisotopic (exact) mass is 414 g/mol. The van der Waals surface area contributed by atoms with Crippen molar-refractivity contribution in [2.75, 3.05) is 19.6 Å². The minimum absolute atomic E-state index is 0.102. The standard InChI is InChI=1S/C19H35BrN4O/c1-6-8-10-12-24(13-11-9-7-2)14-15(3)21-19(25)18-17(20)16(4)23(5)22-18/h15H,6-14H2,1-5H3,(H,21,25). The van der Waals surface area contributed by atoms with Gasteiger partial charge in [-0.1, -0.05) is 39.5 Å². The maximum atomic E-state index is 12.5. The van der Waals surface area contributed by atoms with Gasteiger partial charge in [-0.2, -0.15) is 5.10 Å². The smallest absolute Gasteiger partial charge is 0.273 e. The Hall–Kier alpha value is -0.880. The minimum atomic E-state index is -0.106. The SMILES string of the molecule is CCCCCN(CCCCC)CC(C)NC(=O)c1nn(C)c(C)c1Br. The summed E-state index contributed by atoms with van der Waals surface area (Å²) in [5.74, 6) is -0.106. The van der Waals surface area contributed by atoms with Gasteiger partial charge in [0.05, 0.1) is 10.2 Å². The normalized spacial score (nSPS) is 12.6. The zero-order valence-corrected chi connectivity index (χ0v) is 18.2. The van der Waals surface area contributed by atoms with Crippen molar-refractivity contribution in [3.8, 4) is 0 Å². The van der Waals surface area contributed by atoms with E-state index in [1.54, 1.807) is 4.68 Å². The van der Waals surface area contributed by atoms with Crippen LogP contribution in [-0.4, -0.2) is 46.3 Å². The molecule has 0 aliphatic carbocycles. The van der Waals surface area contributed by atoms with E-state index in [2.05, 4.69) is 52.0 Å². The molecule has 1 heterocycles. The number of hydrogen-bond acceptors (Lipinski definition) is 3. The first-order valence-electron chi connectivity index (χ1n) is 9.62. The van der Waals surface area contributed by atoms with Crippen LogP contribution in [0.4, 0.5) is 0 Å². The highest BCUT2D eigenvalue weighted by atomic mass is 79.9. The Labute approximate surface area is 161 Å². The summed E-state index contributed by atoms with van der Waals surface area (Å²) in [6.45, 7) is 11.6. The average Bonchev–Trinajstić information content (AvgIpc) is 2.82. The maximum absolute atomic E-state index is 12.5. The first kappa shape index (κ1) is 22.2. The molecular weight excluding hydrogens is 380 g/mol. The van der Waals surface area contributed by atoms with Crippen molar-refractivity contribution in [3.63, 3.8) is 0 Å². The highest BCUT2D eigenvalue weighted by molar-refractivity contribution is 9.10. The summed E-state index contributed by atoms with van der Waals surface area (Å²) >= 11 is 3.47. The largest absolute Gasteiger partial charge is 0.347 e. The first-order chi connectivity index (χ1) is 11.9. The third-order valence-electron chi connectivity index (χ3n) is 4.54. The Morgan fingerprint density at radius 3 is 2.20 bits per heavy atom. The van der Waals surface area contributed by atoms with Crippen molar-refractivity contribution in [2.24, 2.45) is 7.05 Å². The molecule has 0 spiro atoms. The van der Waals surface area contributed by atoms with Crippen LogP contribution in [-0.2, 0) is 7.05 Å². The van der Waals surface area contributed by atoms with Crippen molar-refractivity contribution >= 4 is 21.8 Å². The summed E-state index contributed by atoms with van der Waals surface area (Å²) in [5.41, 5.74) is 1.42. The fourth-order valence-electron chi connectivity index (χ4n) is 2.92. The number of rotatable bonds is 12. The summed E-state index contributed by atoms with van der Waals surface area (Å²) in [5, 5.41) is 7.41. The van der Waals surface area contributed by atoms with Crippen LogP contribution in [0.25, 0.3) is 0 Å². The predicted molar refractivity (Wildman–Crippen MR) is 108 cm³/mol. The van der Waals surface area contributed by atoms with E-state index in [1.807, 2.05) is 14.0 Å². The van der Waals surface area contributed by atoms with Gasteiger partial charge in [0, 0.05) is 19.6 Å². The molecule has 0 aromatic carbocycles. The molecule has 0 saturated carbocycles. The third kappa shape index (κ3) is 7.48. The van der Waals surface area contributed by atoms with Gasteiger partial charge in [-0.3, -0.25) is 9.48 Å². The van der Waals surface area contributed by atoms with Gasteiger partial charge in [-0.05, 0) is 55.7 Å². The molecule has 0 saturated heterocycles. The van der Waals surface area contributed by atoms with E-state index in [4.69, 9.17) is 0 Å². The predicted octanol–water partition coefficient (Wildman–Crippen LogP) is 4.29. The number of halogens is 1. The number of nitrogens with one attached hydrogen (secondary N) is 1. The van der Waals surface area contributed by atoms with Gasteiger partial charge in [-0.15, -0.1) is 0 Å². The third-order valence-corrected chi connectivity index (χ3v) is 5.49. The van der Waals surface area contributed by atoms with E-state index in [0.29, 0.717) is 5.69 Å². The Kier molecular flexibility index (Phi) is 10.4. The topological polar surface area (TPSA) is 50.2 Å². The molecule has 1 amide bonds. The quantitative estimate of drug-likeness (QED) is 0.518. The summed E-state index contributed by atoms with van der Waals surface area (Å²) in [4.78, 5) is 15.0. The van der Waals surface area contributed by atoms with Gasteiger partial charge in [-0.25, -0.2) is 0 Å². The summed E-state index contributed by atoms with van der Waals surface area (Å²) < 4.78 is 2.51. The fraction of sp³-hybridized carbons (Fsp3) is 0.789. The number of hydrogen-bond donors (Lipinski definition) is 1. The lowest BCUT2D eigenvalue weighted by Gasteiger charge is -2.26. The van der Waals surface area contributed by atoms with Crippen LogP contribution in [0.3, 0.4) is 0 Å². The highest BCUT2D eigenvalue weighted by Gasteiger charge is 2.20. The number of carbonyl (C=O) groups excluding carboxylic acids is 1. The molecule has 0 fully saturated rings. The van der Waals surface area contributed by atoms with Crippen LogP contribution in [0.2, 0.25) is 0 Å². The molecule has 1 aromatic rings. The zero-order chi connectivity index (χ0) is 18.8. The number of unbranched alkanes of at least 4 members (excludes halogenated alkanes) is 4. The Balaban J connectivity index is 2.57. The molecule has 1 rings (SSSR count). The molecule has 25 heavy (non-hydrogen) atoms. The molecule has 6 heteroatoms. The molecule has 5 nitrogen and oxygen atoms in total. The number of aryl methyl sites for hydroxylation is 1. The molecular formula is C19H35BrN4O. The van der Waals surface area contributed by atoms with Gasteiger partial charge in [0.15, 0.2) is 5.69 Å². The van der Waals surface area contributed by atoms with Crippen LogP contribution >= 0.6 is 15.9 Å². The lowest BCUT2D eigenvalue weighted by Crippen LogP contribution is -2.43. The number of carbonyl (C=O) groups is 1. The molecule has 0 aliphatic heterocycles. The van der Waals surface area contributed by atoms with Crippen molar-refractivity contribution in [3.05, 3.63) is 15.9 Å². The van der Waals surface area contributed by atoms with E-state index in [1.165, 1.54) is 38.5 Å². The second-order valence-corrected chi connectivity index (χ2v) is 7.75. The lowest BCUT2D eigenvalue weighted by molar-refractivity contribution is 0.0922. The van der Waals surface area contributed by atoms with Crippen LogP contribution in [0.5, 0.6) is 0 Å². The van der Waals surface area contributed by atoms with Crippen molar-refractivity contribution < 1.29 is 4.79 Å². The van der Waals surface area contributed by atoms with Crippen LogP contribution in [0.1, 0.15) is 75.5 Å². The van der Waals surface area contributed by atoms with Gasteiger partial charge >= 0.3 is 0 Å². The molecule has 1 unspecified atom stereocenters. The minimum Gasteiger partial charge on any atom is -0.347 e. The fourth-order valence-corrected chi connectivity index (χ4v) is 3.43. The second kappa shape index (κ2) is 11.7. The van der Waals surface area contributed by atoms with Crippen LogP contribution in [0.15, 0.2) is 4.47 Å². The maximum Gasteiger partial charge on any atom is 0.273 e. The van der Waals surface area contributed by atoms with Gasteiger partial charge in [0.25, 0.3) is 5.91 Å². The zero-order valence-electron chi connectivity index (χ0n) is 16.6. The van der Waals surface area contributed by atoms with Gasteiger partial charge < -0.3 is 10.2 Å². The van der Waals surface area contributed by atoms with Gasteiger partial charge in [0.2, 0.25) is 0 Å². The molecule has 1 atom stereocenters. The Morgan fingerprint density at radius 1 is 1.20 bits per heavy atom. The van der Waals surface area contributed by atoms with Crippen LogP contribution < -0.4 is 5.32 Å². The molecule has 144 valence electrons. The van der Waals surface area contributed by atoms with Crippen molar-refractivity contribution in [2.45, 2.75) is 72.3 Å². The average molecular weight is 415 g/mol. The molecule has 1 aromatic heterocycles. The van der Waals surface area contributed by atoms with E-state index >= 15 is 0 Å². The van der Waals surface area contributed by atoms with E-state index in [9.17, 15) is 4.79 Å². The second-order valence-electron chi connectivity index (χ2n) is 6.96. The molecule has 0 radical (unpaired) electrons. The molecule has 1 N–H and O–H groups in total. The summed E-state index contributed by atoms with van der Waals surface area (Å²) in [6.07, 6.45) is 7.48. The Morgan fingerprint density at radius 2 is 1.76 bits per heavy atom. The summed E-state index contributed by atoms with van der Waals surface area (Å²) in [6, 6.07) is 0.102. The van der Waals surface area contributed by atoms with Crippen molar-refractivity contribution in [1.82, 2.24) is 20.0 Å². The number of amides is 1. The van der Waals surface area contributed by atoms with Gasteiger partial charge in [0.1, 0.15) is 0 Å². The summed E-state index contributed by atoms with van der Waals surface area (Å²) in [7, 11) is 1.85. The molecule has 0 aliphatic rings. The number of aromatic nitrogens is 2. The lowest BCUT2D eigenvalue weighted by atomic mass is 10.2. The van der Waals surface area contributed by atoms with E-state index in [-0.39, 0.29) is 11.9 Å².